The third kappa shape index (κ3) is 5.39. The standard InChI is InChI=1S/C13H15ClN2O5/c1-8(13(18)19)3-2-4-15-12(17)9-5-10(14)7-11(6-9)16(20)21/h5-8H,2-4H2,1H3,(H,15,17)(H,18,19). The normalized spacial score (nSPS) is 11.7. The largest absolute Gasteiger partial charge is 0.481 e. The van der Waals surface area contributed by atoms with Crippen molar-refractivity contribution in [2.75, 3.05) is 6.54 Å². The van der Waals surface area contributed by atoms with Gasteiger partial charge >= 0.3 is 5.97 Å². The van der Waals surface area contributed by atoms with E-state index in [1.165, 1.54) is 6.07 Å². The average Bonchev–Trinajstić information content (AvgIpc) is 2.42. The van der Waals surface area contributed by atoms with Gasteiger partial charge in [-0.05, 0) is 18.9 Å². The summed E-state index contributed by atoms with van der Waals surface area (Å²) in [5, 5.41) is 22.1. The van der Waals surface area contributed by atoms with Crippen LogP contribution in [0.5, 0.6) is 0 Å². The Kier molecular flexibility index (Phi) is 6.10. The van der Waals surface area contributed by atoms with Crippen molar-refractivity contribution in [3.05, 3.63) is 38.9 Å². The quantitative estimate of drug-likeness (QED) is 0.456. The lowest BCUT2D eigenvalue weighted by Crippen LogP contribution is -2.25. The van der Waals surface area contributed by atoms with E-state index >= 15 is 0 Å². The summed E-state index contributed by atoms with van der Waals surface area (Å²) in [5.74, 6) is -1.84. The number of aliphatic carboxylic acids is 1. The van der Waals surface area contributed by atoms with Crippen LogP contribution in [0, 0.1) is 16.0 Å². The van der Waals surface area contributed by atoms with Crippen LogP contribution in [-0.2, 0) is 4.79 Å². The van der Waals surface area contributed by atoms with E-state index in [0.29, 0.717) is 12.8 Å². The molecule has 0 aromatic heterocycles. The summed E-state index contributed by atoms with van der Waals surface area (Å²) < 4.78 is 0. The highest BCUT2D eigenvalue weighted by atomic mass is 35.5. The first-order valence-corrected chi connectivity index (χ1v) is 6.65. The van der Waals surface area contributed by atoms with Gasteiger partial charge in [-0.3, -0.25) is 19.7 Å². The molecule has 2 N–H and O–H groups in total. The fourth-order valence-corrected chi connectivity index (χ4v) is 1.88. The number of nitro groups is 1. The van der Waals surface area contributed by atoms with E-state index in [4.69, 9.17) is 16.7 Å². The molecule has 0 bridgehead atoms. The minimum atomic E-state index is -0.883. The minimum Gasteiger partial charge on any atom is -0.481 e. The van der Waals surface area contributed by atoms with Crippen LogP contribution in [0.3, 0.4) is 0 Å². The number of nitro benzene ring substituents is 1. The van der Waals surface area contributed by atoms with Crippen LogP contribution in [-0.4, -0.2) is 28.5 Å². The average molecular weight is 315 g/mol. The molecule has 8 heteroatoms. The Morgan fingerprint density at radius 2 is 2.10 bits per heavy atom. The van der Waals surface area contributed by atoms with Gasteiger partial charge in [0.2, 0.25) is 0 Å². The van der Waals surface area contributed by atoms with Crippen LogP contribution >= 0.6 is 11.6 Å². The SMILES string of the molecule is CC(CCCNC(=O)c1cc(Cl)cc([N+](=O)[O-])c1)C(=O)O. The van der Waals surface area contributed by atoms with Crippen molar-refractivity contribution in [2.45, 2.75) is 19.8 Å². The molecule has 0 aliphatic rings. The fourth-order valence-electron chi connectivity index (χ4n) is 1.65. The molecule has 114 valence electrons. The molecule has 7 nitrogen and oxygen atoms in total. The smallest absolute Gasteiger partial charge is 0.306 e. The van der Waals surface area contributed by atoms with Crippen LogP contribution in [0.15, 0.2) is 18.2 Å². The molecule has 21 heavy (non-hydrogen) atoms. The van der Waals surface area contributed by atoms with Gasteiger partial charge in [-0.2, -0.15) is 0 Å². The Hall–Kier alpha value is -2.15. The van der Waals surface area contributed by atoms with E-state index < -0.39 is 22.7 Å². The molecule has 0 radical (unpaired) electrons. The second-order valence-electron chi connectivity index (χ2n) is 4.59. The van der Waals surface area contributed by atoms with Gasteiger partial charge in [0.15, 0.2) is 0 Å². The number of rotatable bonds is 7. The molecule has 0 fully saturated rings. The summed E-state index contributed by atoms with van der Waals surface area (Å²) in [6.45, 7) is 1.88. The van der Waals surface area contributed by atoms with Gasteiger partial charge < -0.3 is 10.4 Å². The van der Waals surface area contributed by atoms with Crippen molar-refractivity contribution in [1.82, 2.24) is 5.32 Å². The Bertz CT molecular complexity index is 561. The highest BCUT2D eigenvalue weighted by molar-refractivity contribution is 6.31. The van der Waals surface area contributed by atoms with E-state index in [1.54, 1.807) is 6.92 Å². The van der Waals surface area contributed by atoms with Gasteiger partial charge in [0.25, 0.3) is 11.6 Å². The maximum absolute atomic E-state index is 11.8. The predicted octanol–water partition coefficient (Wildman–Crippen LogP) is 2.48. The summed E-state index contributed by atoms with van der Waals surface area (Å²) in [5.41, 5.74) is -0.160. The molecular formula is C13H15ClN2O5. The maximum atomic E-state index is 11.8. The Labute approximate surface area is 126 Å². The fraction of sp³-hybridized carbons (Fsp3) is 0.385. The Morgan fingerprint density at radius 3 is 2.67 bits per heavy atom. The molecule has 1 aromatic carbocycles. The second kappa shape index (κ2) is 7.58. The first kappa shape index (κ1) is 16.9. The third-order valence-electron chi connectivity index (χ3n) is 2.88. The molecule has 1 aromatic rings. The number of halogens is 1. The second-order valence-corrected chi connectivity index (χ2v) is 5.03. The number of hydrogen-bond acceptors (Lipinski definition) is 4. The monoisotopic (exact) mass is 314 g/mol. The van der Waals surface area contributed by atoms with Crippen molar-refractivity contribution in [2.24, 2.45) is 5.92 Å². The predicted molar refractivity (Wildman–Crippen MR) is 76.5 cm³/mol. The van der Waals surface area contributed by atoms with Crippen LogP contribution in [0.1, 0.15) is 30.1 Å². The van der Waals surface area contributed by atoms with Crippen LogP contribution in [0.4, 0.5) is 5.69 Å². The van der Waals surface area contributed by atoms with Gasteiger partial charge in [-0.15, -0.1) is 0 Å². The van der Waals surface area contributed by atoms with Gasteiger partial charge in [0.1, 0.15) is 0 Å². The molecule has 0 saturated heterocycles. The molecule has 0 saturated carbocycles. The first-order valence-electron chi connectivity index (χ1n) is 6.27. The highest BCUT2D eigenvalue weighted by Crippen LogP contribution is 2.20. The molecule has 1 atom stereocenters. The Morgan fingerprint density at radius 1 is 1.43 bits per heavy atom. The molecule has 0 heterocycles. The number of amides is 1. The number of non-ortho nitro benzene ring substituents is 1. The molecule has 0 aliphatic carbocycles. The lowest BCUT2D eigenvalue weighted by atomic mass is 10.1. The maximum Gasteiger partial charge on any atom is 0.306 e. The highest BCUT2D eigenvalue weighted by Gasteiger charge is 2.14. The minimum absolute atomic E-state index is 0.0977. The number of carbonyl (C=O) groups is 2. The third-order valence-corrected chi connectivity index (χ3v) is 3.09. The van der Waals surface area contributed by atoms with Crippen molar-refractivity contribution in [3.63, 3.8) is 0 Å². The summed E-state index contributed by atoms with van der Waals surface area (Å²) in [4.78, 5) is 32.5. The topological polar surface area (TPSA) is 110 Å². The van der Waals surface area contributed by atoms with Crippen molar-refractivity contribution >= 4 is 29.2 Å². The molecule has 0 spiro atoms. The zero-order chi connectivity index (χ0) is 16.0. The molecule has 1 rings (SSSR count). The van der Waals surface area contributed by atoms with E-state index in [-0.39, 0.29) is 22.8 Å². The number of carbonyl (C=O) groups excluding carboxylic acids is 1. The number of hydrogen-bond donors (Lipinski definition) is 2. The molecular weight excluding hydrogens is 300 g/mol. The molecule has 1 amide bonds. The van der Waals surface area contributed by atoms with E-state index in [1.807, 2.05) is 0 Å². The number of benzene rings is 1. The first-order chi connectivity index (χ1) is 9.81. The lowest BCUT2D eigenvalue weighted by Gasteiger charge is -2.07. The van der Waals surface area contributed by atoms with E-state index in [2.05, 4.69) is 5.32 Å². The van der Waals surface area contributed by atoms with Gasteiger partial charge in [0.05, 0.1) is 10.8 Å². The van der Waals surface area contributed by atoms with Crippen LogP contribution in [0.2, 0.25) is 5.02 Å². The zero-order valence-electron chi connectivity index (χ0n) is 11.3. The van der Waals surface area contributed by atoms with Crippen LogP contribution < -0.4 is 5.32 Å². The van der Waals surface area contributed by atoms with Crippen molar-refractivity contribution < 1.29 is 19.6 Å². The van der Waals surface area contributed by atoms with Crippen molar-refractivity contribution in [3.8, 4) is 0 Å². The number of carboxylic acid groups (broad SMARTS) is 1. The van der Waals surface area contributed by atoms with Gasteiger partial charge in [-0.1, -0.05) is 18.5 Å². The van der Waals surface area contributed by atoms with Gasteiger partial charge in [-0.25, -0.2) is 0 Å². The number of nitrogens with one attached hydrogen (secondary N) is 1. The summed E-state index contributed by atoms with van der Waals surface area (Å²) in [6, 6.07) is 3.64. The molecule has 0 aliphatic heterocycles. The zero-order valence-corrected chi connectivity index (χ0v) is 12.1. The lowest BCUT2D eigenvalue weighted by molar-refractivity contribution is -0.384. The van der Waals surface area contributed by atoms with Crippen molar-refractivity contribution in [1.29, 1.82) is 0 Å². The van der Waals surface area contributed by atoms with Crippen LogP contribution in [0.25, 0.3) is 0 Å². The Balaban J connectivity index is 2.56. The number of carboxylic acids is 1. The summed E-state index contributed by atoms with van der Waals surface area (Å²) in [6.07, 6.45) is 0.938. The van der Waals surface area contributed by atoms with Gasteiger partial charge in [0, 0.05) is 29.3 Å². The van der Waals surface area contributed by atoms with E-state index in [9.17, 15) is 19.7 Å². The summed E-state index contributed by atoms with van der Waals surface area (Å²) >= 11 is 5.73. The number of nitrogens with zero attached hydrogens (tertiary/aromatic N) is 1. The molecule has 1 unspecified atom stereocenters. The summed E-state index contributed by atoms with van der Waals surface area (Å²) in [7, 11) is 0. The van der Waals surface area contributed by atoms with E-state index in [0.717, 1.165) is 12.1 Å².